The fraction of sp³-hybridized carbons (Fsp3) is 0.357. The van der Waals surface area contributed by atoms with E-state index in [9.17, 15) is 44.3 Å². The van der Waals surface area contributed by atoms with Crippen molar-refractivity contribution in [2.45, 2.75) is 52.2 Å². The molecular formula is C42H53N10O17P3S+2. The Hall–Kier alpha value is -5.48. The van der Waals surface area contributed by atoms with Crippen LogP contribution in [-0.2, 0) is 22.6 Å². The lowest BCUT2D eigenvalue weighted by molar-refractivity contribution is -0.256. The number of phosphoric acid groups is 2. The van der Waals surface area contributed by atoms with Gasteiger partial charge in [0.1, 0.15) is 55.1 Å². The van der Waals surface area contributed by atoms with Gasteiger partial charge in [-0.15, -0.1) is 4.52 Å². The van der Waals surface area contributed by atoms with Crippen LogP contribution in [0.2, 0.25) is 0 Å². The van der Waals surface area contributed by atoms with E-state index in [1.807, 2.05) is 36.4 Å². The predicted octanol–water partition coefficient (Wildman–Crippen LogP) is 1.39. The lowest BCUT2D eigenvalue weighted by Crippen LogP contribution is -2.42. The number of fused-ring (bicyclic) bond motifs is 3. The van der Waals surface area contributed by atoms with E-state index in [0.29, 0.717) is 16.9 Å². The number of nitrogens with two attached hydrogens (primary N) is 1. The van der Waals surface area contributed by atoms with Crippen LogP contribution in [0.4, 0.5) is 22.0 Å². The zero-order chi connectivity index (χ0) is 53.0. The van der Waals surface area contributed by atoms with Gasteiger partial charge >= 0.3 is 36.6 Å². The van der Waals surface area contributed by atoms with E-state index in [2.05, 4.69) is 76.7 Å². The number of imidazole rings is 1. The highest BCUT2D eigenvalue weighted by Gasteiger charge is 2.60. The second-order valence-electron chi connectivity index (χ2n) is 16.0. The minimum atomic E-state index is -5.81. The smallest absolute Gasteiger partial charge is 0.603 e. The van der Waals surface area contributed by atoms with Crippen molar-refractivity contribution < 1.29 is 81.1 Å². The number of carboxylic acid groups (broad SMARTS) is 1. The topological polar surface area (TPSA) is 393 Å². The molecule has 73 heavy (non-hydrogen) atoms. The third-order valence-electron chi connectivity index (χ3n) is 11.5. The van der Waals surface area contributed by atoms with E-state index in [4.69, 9.17) is 46.2 Å². The summed E-state index contributed by atoms with van der Waals surface area (Å²) in [6, 6.07) is 16.9. The summed E-state index contributed by atoms with van der Waals surface area (Å²) in [5.41, 5.74) is 9.97. The average Bonchev–Trinajstić information content (AvgIpc) is 3.89. The first-order chi connectivity index (χ1) is 34.5. The summed E-state index contributed by atoms with van der Waals surface area (Å²) < 4.78 is 33.7. The third kappa shape index (κ3) is 13.1. The molecule has 12 N–H and O–H groups in total. The van der Waals surface area contributed by atoms with E-state index in [1.165, 1.54) is 10.9 Å². The molecule has 1 aliphatic carbocycles. The van der Waals surface area contributed by atoms with Gasteiger partial charge in [-0.1, -0.05) is 6.07 Å². The molecule has 2 aromatic carbocycles. The van der Waals surface area contributed by atoms with Crippen LogP contribution in [0.3, 0.4) is 0 Å². The van der Waals surface area contributed by atoms with E-state index in [0.717, 1.165) is 60.1 Å². The zero-order valence-corrected chi connectivity index (χ0v) is 42.8. The Bertz CT molecular complexity index is 3020. The molecule has 27 nitrogen and oxygen atoms in total. The highest BCUT2D eigenvalue weighted by Crippen LogP contribution is 2.72. The molecule has 0 radical (unpaired) electrons. The van der Waals surface area contributed by atoms with Crippen molar-refractivity contribution in [3.05, 3.63) is 78.2 Å². The van der Waals surface area contributed by atoms with Gasteiger partial charge in [-0.2, -0.15) is 24.5 Å². The summed E-state index contributed by atoms with van der Waals surface area (Å²) in [7, 11) is -16.9. The summed E-state index contributed by atoms with van der Waals surface area (Å²) in [6.07, 6.45) is -5.36. The van der Waals surface area contributed by atoms with Crippen LogP contribution in [0.25, 0.3) is 44.6 Å². The van der Waals surface area contributed by atoms with Gasteiger partial charge in [0.2, 0.25) is 5.36 Å². The van der Waals surface area contributed by atoms with Crippen molar-refractivity contribution in [1.29, 1.82) is 0 Å². The molecule has 0 saturated carbocycles. The van der Waals surface area contributed by atoms with Crippen molar-refractivity contribution in [2.24, 2.45) is 0 Å². The average molecular weight is 1090 g/mol. The number of carbonyl (C=O) groups is 2. The van der Waals surface area contributed by atoms with Crippen LogP contribution in [0.5, 0.6) is 0 Å². The van der Waals surface area contributed by atoms with Crippen molar-refractivity contribution in [3.8, 4) is 22.5 Å². The van der Waals surface area contributed by atoms with E-state index >= 15 is 0 Å². The van der Waals surface area contributed by atoms with Gasteiger partial charge in [-0.3, -0.25) is 4.57 Å². The molecule has 2 aromatic heterocycles. The molecule has 5 atom stereocenters. The number of hydrogen-bond donors (Lipinski definition) is 11. The number of benzene rings is 3. The van der Waals surface area contributed by atoms with Gasteiger partial charge in [0.25, 0.3) is 0 Å². The van der Waals surface area contributed by atoms with Gasteiger partial charge in [0.05, 0.1) is 28.0 Å². The Morgan fingerprint density at radius 2 is 1.67 bits per heavy atom. The first-order valence-corrected chi connectivity index (χ1v) is 27.3. The number of amides is 1. The molecule has 7 rings (SSSR count). The van der Waals surface area contributed by atoms with E-state index in [-0.39, 0.29) is 46.4 Å². The number of nitrogen functional groups attached to an aromatic ring is 1. The number of hydrogen-bond acceptors (Lipinski definition) is 22. The molecule has 4 aromatic rings. The maximum absolute atomic E-state index is 13.2. The van der Waals surface area contributed by atoms with Gasteiger partial charge in [0.15, 0.2) is 28.9 Å². The number of carbonyl (C=O) groups excluding carboxylic acids is 1. The van der Waals surface area contributed by atoms with Crippen LogP contribution < -0.4 is 46.3 Å². The molecule has 1 saturated heterocycles. The number of nitrogens with one attached hydrogen (secondary N) is 3. The fourth-order valence-corrected chi connectivity index (χ4v) is 11.4. The lowest BCUT2D eigenvalue weighted by Gasteiger charge is -2.22. The van der Waals surface area contributed by atoms with Crippen molar-refractivity contribution >= 4 is 93.2 Å². The van der Waals surface area contributed by atoms with E-state index < -0.39 is 67.7 Å². The third-order valence-corrected chi connectivity index (χ3v) is 15.5. The maximum atomic E-state index is 13.2. The normalized spacial score (nSPS) is 17.9. The van der Waals surface area contributed by atoms with Crippen molar-refractivity contribution in [2.75, 3.05) is 61.8 Å². The number of rotatable bonds is 20. The van der Waals surface area contributed by atoms with Crippen molar-refractivity contribution in [3.63, 3.8) is 0 Å². The van der Waals surface area contributed by atoms with Gasteiger partial charge < -0.3 is 60.5 Å². The first kappa shape index (κ1) is 55.3. The Kier molecular flexibility index (Phi) is 17.4. The SMILES string of the molecule is CCN(CC)c1ccc2c(-c3ccc(NC(=S)NCCNC(=O)O[C@@H]4[C@H](O)[C@@H](CO[P+](O)(O)O[P+]([O-])(O)O[P+]([O-])(O)O)O[C@H]4n4cnc5c(N)ncnc54)c(C(=O)O)c3)c3ccc(=[N+](CC)CC)cc-3oc2c1. The minimum Gasteiger partial charge on any atom is -0.603 e. The summed E-state index contributed by atoms with van der Waals surface area (Å²) in [6.45, 7) is 10.3. The Labute approximate surface area is 422 Å². The Morgan fingerprint density at radius 3 is 2.36 bits per heavy atom. The second-order valence-corrected chi connectivity index (χ2v) is 20.8. The lowest BCUT2D eigenvalue weighted by atomic mass is 9.92. The highest BCUT2D eigenvalue weighted by molar-refractivity contribution is 7.80. The number of aliphatic hydroxyl groups excluding tert-OH is 1. The molecule has 0 spiro atoms. The van der Waals surface area contributed by atoms with Gasteiger partial charge in [-0.25, -0.2) is 29.1 Å². The highest BCUT2D eigenvalue weighted by atomic mass is 32.1. The van der Waals surface area contributed by atoms with Crippen LogP contribution in [0.15, 0.2) is 71.7 Å². The molecule has 1 amide bonds. The number of thiocarbonyl (C=S) groups is 1. The predicted molar refractivity (Wildman–Crippen MR) is 267 cm³/mol. The van der Waals surface area contributed by atoms with Crippen LogP contribution in [0, 0.1) is 0 Å². The summed E-state index contributed by atoms with van der Waals surface area (Å²) >= 11 is 5.49. The second kappa shape index (κ2) is 23.0. The molecule has 1 unspecified atom stereocenters. The molecule has 4 heterocycles. The van der Waals surface area contributed by atoms with Crippen LogP contribution >= 0.6 is 36.7 Å². The summed E-state index contributed by atoms with van der Waals surface area (Å²) in [5.74, 6) is -0.633. The summed E-state index contributed by atoms with van der Waals surface area (Å²) in [4.78, 5) is 111. The van der Waals surface area contributed by atoms with Crippen LogP contribution in [-0.4, -0.2) is 136 Å². The Morgan fingerprint density at radius 1 is 0.945 bits per heavy atom. The standard InChI is InChI=1S/C42H51N10O17P3S/c1-5-50(6-2)24-10-12-26-30(18-24)65-31-19-25(51(7-3)8-4)11-13-27(31)33(26)23-9-14-29(28(17-23)40(54)55)49-41(73)44-15-16-45-42(56)67-36-35(53)32(20-64-71(60,61)69-72(62,63)68-70(57,58)59)66-39(36)52-22-48-34-37(43)46-21-47-38(34)52/h9-14,17-19,21-22,32,35-36,39,53,60-61H,5-8,15-16,20H2,1-4H3,(H7-,43,44,45,46,47,54,55,56,57,58,59,62,63,73)/p+2/t32-,35-,36-,39-/m1/s1. The summed E-state index contributed by atoms with van der Waals surface area (Å²) in [5, 5.41) is 31.8. The molecule has 0 bridgehead atoms. The molecule has 3 aliphatic rings. The first-order valence-electron chi connectivity index (χ1n) is 22.3. The molecular weight excluding hydrogens is 1040 g/mol. The maximum Gasteiger partial charge on any atom is 0.615 e. The monoisotopic (exact) mass is 1090 g/mol. The van der Waals surface area contributed by atoms with E-state index in [1.54, 1.807) is 18.2 Å². The van der Waals surface area contributed by atoms with Crippen molar-refractivity contribution in [1.82, 2.24) is 34.7 Å². The van der Waals surface area contributed by atoms with Gasteiger partial charge in [0, 0.05) is 64.8 Å². The largest absolute Gasteiger partial charge is 0.615 e. The number of carboxylic acids is 1. The number of aromatic nitrogens is 4. The quantitative estimate of drug-likeness (QED) is 0.0169. The minimum absolute atomic E-state index is 0.00460. The molecule has 31 heteroatoms. The number of nitrogens with zero attached hydrogens (tertiary/aromatic N) is 6. The number of anilines is 3. The van der Waals surface area contributed by atoms with Crippen LogP contribution in [0.1, 0.15) is 44.3 Å². The number of aromatic carboxylic acids is 1. The Balaban J connectivity index is 1.03. The molecule has 2 aliphatic heterocycles. The number of aliphatic hydroxyl groups is 1. The number of alkyl carbamates (subject to hydrolysis) is 1. The fourth-order valence-electron chi connectivity index (χ4n) is 8.15. The van der Waals surface area contributed by atoms with Gasteiger partial charge in [-0.05, 0) is 75.8 Å². The zero-order valence-electron chi connectivity index (χ0n) is 39.3. The number of ether oxygens (including phenoxy) is 2. The molecule has 392 valence electrons. The molecule has 1 fully saturated rings.